The quantitative estimate of drug-likeness (QED) is 0.673. The van der Waals surface area contributed by atoms with Gasteiger partial charge in [-0.1, -0.05) is 31.3 Å². The molecule has 0 fully saturated rings. The van der Waals surface area contributed by atoms with Gasteiger partial charge in [0.25, 0.3) is 0 Å². The Morgan fingerprint density at radius 2 is 2.10 bits per heavy atom. The van der Waals surface area contributed by atoms with E-state index >= 15 is 0 Å². The molecular formula is C15H21FN4S. The molecule has 2 rings (SSSR count). The lowest BCUT2D eigenvalue weighted by molar-refractivity contribution is 0.513. The molecule has 1 unspecified atom stereocenters. The van der Waals surface area contributed by atoms with Crippen LogP contribution in [0.5, 0.6) is 0 Å². The molecule has 3 N–H and O–H groups in total. The summed E-state index contributed by atoms with van der Waals surface area (Å²) in [4.78, 5) is 1.01. The smallest absolute Gasteiger partial charge is 0.123 e. The van der Waals surface area contributed by atoms with E-state index in [-0.39, 0.29) is 17.3 Å². The lowest BCUT2D eigenvalue weighted by atomic mass is 9.88. The van der Waals surface area contributed by atoms with Gasteiger partial charge in [-0.15, -0.1) is 5.10 Å². The van der Waals surface area contributed by atoms with E-state index in [1.165, 1.54) is 17.6 Å². The molecule has 1 aromatic heterocycles. The molecule has 0 spiro atoms. The van der Waals surface area contributed by atoms with Gasteiger partial charge in [-0.25, -0.2) is 4.39 Å². The van der Waals surface area contributed by atoms with Crippen molar-refractivity contribution < 1.29 is 4.39 Å². The highest BCUT2D eigenvalue weighted by Crippen LogP contribution is 2.32. The van der Waals surface area contributed by atoms with E-state index in [4.69, 9.17) is 5.84 Å². The van der Waals surface area contributed by atoms with E-state index in [9.17, 15) is 4.39 Å². The van der Waals surface area contributed by atoms with Gasteiger partial charge in [0.1, 0.15) is 5.82 Å². The summed E-state index contributed by atoms with van der Waals surface area (Å²) < 4.78 is 17.5. The molecule has 0 aliphatic carbocycles. The normalized spacial score (nSPS) is 13.4. The van der Waals surface area contributed by atoms with Crippen LogP contribution in [-0.4, -0.2) is 9.59 Å². The Hall–Kier alpha value is -1.37. The van der Waals surface area contributed by atoms with E-state index in [0.717, 1.165) is 21.7 Å². The van der Waals surface area contributed by atoms with Gasteiger partial charge in [-0.3, -0.25) is 11.3 Å². The number of aromatic nitrogens is 2. The number of aryl methyl sites for hydroxylation is 1. The molecule has 4 nitrogen and oxygen atoms in total. The van der Waals surface area contributed by atoms with Crippen molar-refractivity contribution >= 4 is 11.5 Å². The molecule has 0 saturated heterocycles. The second-order valence-corrected chi connectivity index (χ2v) is 7.02. The van der Waals surface area contributed by atoms with Crippen molar-refractivity contribution in [3.63, 3.8) is 0 Å². The Morgan fingerprint density at radius 1 is 1.38 bits per heavy atom. The van der Waals surface area contributed by atoms with Crippen molar-refractivity contribution in [1.29, 1.82) is 0 Å². The minimum atomic E-state index is -0.232. The highest BCUT2D eigenvalue weighted by atomic mass is 32.1. The number of nitrogens with zero attached hydrogens (tertiary/aromatic N) is 2. The third-order valence-electron chi connectivity index (χ3n) is 3.48. The largest absolute Gasteiger partial charge is 0.271 e. The van der Waals surface area contributed by atoms with Gasteiger partial charge in [0.2, 0.25) is 0 Å². The lowest BCUT2D eigenvalue weighted by Gasteiger charge is -2.22. The molecule has 21 heavy (non-hydrogen) atoms. The number of hydrogen-bond acceptors (Lipinski definition) is 5. The monoisotopic (exact) mass is 308 g/mol. The van der Waals surface area contributed by atoms with Crippen molar-refractivity contribution in [1.82, 2.24) is 15.0 Å². The van der Waals surface area contributed by atoms with E-state index in [0.29, 0.717) is 6.42 Å². The van der Waals surface area contributed by atoms with Gasteiger partial charge in [0.15, 0.2) is 0 Å². The van der Waals surface area contributed by atoms with Gasteiger partial charge in [0.05, 0.1) is 16.6 Å². The van der Waals surface area contributed by atoms with Gasteiger partial charge in [-0.05, 0) is 48.1 Å². The number of nitrogens with one attached hydrogen (secondary N) is 1. The zero-order chi connectivity index (χ0) is 15.6. The lowest BCUT2D eigenvalue weighted by Crippen LogP contribution is -2.31. The van der Waals surface area contributed by atoms with E-state index in [1.54, 1.807) is 12.1 Å². The molecule has 1 aromatic carbocycles. The number of hydrazine groups is 1. The molecule has 6 heteroatoms. The molecule has 114 valence electrons. The third-order valence-corrected chi connectivity index (χ3v) is 4.31. The van der Waals surface area contributed by atoms with Crippen molar-refractivity contribution in [2.75, 3.05) is 0 Å². The minimum absolute atomic E-state index is 0.103. The Bertz CT molecular complexity index is 618. The fourth-order valence-electron chi connectivity index (χ4n) is 2.25. The first-order chi connectivity index (χ1) is 9.82. The second-order valence-electron chi connectivity index (χ2n) is 6.23. The predicted octanol–water partition coefficient (Wildman–Crippen LogP) is 3.03. The van der Waals surface area contributed by atoms with Crippen LogP contribution in [0.15, 0.2) is 18.2 Å². The summed E-state index contributed by atoms with van der Waals surface area (Å²) in [6.07, 6.45) is 0.604. The number of nitrogens with two attached hydrogens (primary N) is 1. The molecule has 1 atom stereocenters. The highest BCUT2D eigenvalue weighted by Gasteiger charge is 2.27. The van der Waals surface area contributed by atoms with Gasteiger partial charge in [-0.2, -0.15) is 0 Å². The molecule has 0 aliphatic rings. The van der Waals surface area contributed by atoms with Crippen LogP contribution in [0.3, 0.4) is 0 Å². The maximum atomic E-state index is 13.4. The third kappa shape index (κ3) is 3.64. The first-order valence-corrected chi connectivity index (χ1v) is 7.64. The van der Waals surface area contributed by atoms with Gasteiger partial charge < -0.3 is 0 Å². The summed E-state index contributed by atoms with van der Waals surface area (Å²) in [7, 11) is 0. The minimum Gasteiger partial charge on any atom is -0.271 e. The van der Waals surface area contributed by atoms with Crippen LogP contribution in [0.4, 0.5) is 4.39 Å². The average Bonchev–Trinajstić information content (AvgIpc) is 2.89. The highest BCUT2D eigenvalue weighted by molar-refractivity contribution is 7.05. The molecule has 0 bridgehead atoms. The molecule has 0 saturated carbocycles. The van der Waals surface area contributed by atoms with Crippen LogP contribution in [-0.2, 0) is 11.8 Å². The van der Waals surface area contributed by atoms with Crippen molar-refractivity contribution in [3.05, 3.63) is 45.7 Å². The van der Waals surface area contributed by atoms with Crippen molar-refractivity contribution in [2.45, 2.75) is 45.6 Å². The predicted molar refractivity (Wildman–Crippen MR) is 83.5 cm³/mol. The van der Waals surface area contributed by atoms with Crippen LogP contribution >= 0.6 is 11.5 Å². The average molecular weight is 308 g/mol. The Labute approximate surface area is 128 Å². The maximum Gasteiger partial charge on any atom is 0.123 e. The number of hydrogen-bond donors (Lipinski definition) is 2. The van der Waals surface area contributed by atoms with Crippen LogP contribution < -0.4 is 11.3 Å². The van der Waals surface area contributed by atoms with Crippen LogP contribution in [0.2, 0.25) is 0 Å². The molecule has 2 aromatic rings. The zero-order valence-electron chi connectivity index (χ0n) is 12.8. The van der Waals surface area contributed by atoms with Crippen molar-refractivity contribution in [3.8, 4) is 0 Å². The Kier molecular flexibility index (Phi) is 4.70. The summed E-state index contributed by atoms with van der Waals surface area (Å²) in [5, 5.41) is 4.24. The van der Waals surface area contributed by atoms with Crippen LogP contribution in [0.25, 0.3) is 0 Å². The van der Waals surface area contributed by atoms with Crippen molar-refractivity contribution in [2.24, 2.45) is 5.84 Å². The number of benzene rings is 1. The maximum absolute atomic E-state index is 13.4. The first kappa shape index (κ1) is 16.0. The SMILES string of the molecule is Cc1ccc(F)cc1CC(NN)c1snnc1C(C)(C)C. The topological polar surface area (TPSA) is 63.8 Å². The zero-order valence-corrected chi connectivity index (χ0v) is 13.6. The Morgan fingerprint density at radius 3 is 2.71 bits per heavy atom. The summed E-state index contributed by atoms with van der Waals surface area (Å²) >= 11 is 1.34. The number of halogens is 1. The van der Waals surface area contributed by atoms with Crippen LogP contribution in [0.1, 0.15) is 48.5 Å². The summed E-state index contributed by atoms with van der Waals surface area (Å²) in [5.41, 5.74) is 5.64. The van der Waals surface area contributed by atoms with Crippen LogP contribution in [0, 0.1) is 12.7 Å². The van der Waals surface area contributed by atoms with Gasteiger partial charge in [0, 0.05) is 5.41 Å². The summed E-state index contributed by atoms with van der Waals surface area (Å²) in [5.74, 6) is 5.49. The van der Waals surface area contributed by atoms with E-state index in [1.807, 2.05) is 6.92 Å². The molecule has 1 heterocycles. The molecular weight excluding hydrogens is 287 g/mol. The first-order valence-electron chi connectivity index (χ1n) is 6.87. The summed E-state index contributed by atoms with van der Waals surface area (Å²) in [6.45, 7) is 8.24. The van der Waals surface area contributed by atoms with E-state index in [2.05, 4.69) is 35.8 Å². The molecule has 0 radical (unpaired) electrons. The molecule has 0 aliphatic heterocycles. The standard InChI is InChI=1S/C15H21FN4S/c1-9-5-6-11(16)7-10(9)8-12(18-17)13-14(15(2,3)4)19-20-21-13/h5-7,12,18H,8,17H2,1-4H3. The van der Waals surface area contributed by atoms with Gasteiger partial charge >= 0.3 is 0 Å². The van der Waals surface area contributed by atoms with E-state index < -0.39 is 0 Å². The second kappa shape index (κ2) is 6.17. The fraction of sp³-hybridized carbons (Fsp3) is 0.467. The number of rotatable bonds is 4. The molecule has 0 amide bonds. The fourth-order valence-corrected chi connectivity index (χ4v) is 3.18. The summed E-state index contributed by atoms with van der Waals surface area (Å²) in [6, 6.07) is 4.69. The Balaban J connectivity index is 2.33.